The smallest absolute Gasteiger partial charge is 0.0555 e. The third kappa shape index (κ3) is 3.56. The first-order valence-electron chi connectivity index (χ1n) is 14.4. The summed E-state index contributed by atoms with van der Waals surface area (Å²) in [4.78, 5) is 0. The van der Waals surface area contributed by atoms with Crippen LogP contribution in [0.4, 0.5) is 0 Å². The Morgan fingerprint density at radius 1 is 0.405 bits per heavy atom. The van der Waals surface area contributed by atoms with Gasteiger partial charge in [-0.2, -0.15) is 0 Å². The van der Waals surface area contributed by atoms with Gasteiger partial charge < -0.3 is 4.57 Å². The Morgan fingerprint density at radius 3 is 2.02 bits per heavy atom. The van der Waals surface area contributed by atoms with E-state index in [2.05, 4.69) is 156 Å². The molecule has 2 heteroatoms. The molecule has 0 spiro atoms. The zero-order chi connectivity index (χ0) is 27.6. The fraction of sp³-hybridized carbons (Fsp3) is 0. The van der Waals surface area contributed by atoms with Gasteiger partial charge in [0, 0.05) is 36.6 Å². The lowest BCUT2D eigenvalue weighted by atomic mass is 9.98. The molecule has 0 aliphatic rings. The molecular formula is C40H25NS. The van der Waals surface area contributed by atoms with Gasteiger partial charge in [0.05, 0.1) is 11.0 Å². The Bertz CT molecular complexity index is 2460. The van der Waals surface area contributed by atoms with Crippen molar-refractivity contribution in [2.24, 2.45) is 0 Å². The van der Waals surface area contributed by atoms with Crippen LogP contribution >= 0.6 is 11.3 Å². The van der Waals surface area contributed by atoms with Gasteiger partial charge in [0.25, 0.3) is 0 Å². The van der Waals surface area contributed by atoms with E-state index in [4.69, 9.17) is 0 Å². The van der Waals surface area contributed by atoms with E-state index in [1.54, 1.807) is 0 Å². The lowest BCUT2D eigenvalue weighted by Crippen LogP contribution is -1.93. The Morgan fingerprint density at radius 2 is 1.12 bits per heavy atom. The number of thiophene rings is 1. The van der Waals surface area contributed by atoms with Crippen LogP contribution in [0.5, 0.6) is 0 Å². The van der Waals surface area contributed by atoms with Gasteiger partial charge in [0.15, 0.2) is 0 Å². The van der Waals surface area contributed by atoms with E-state index in [0.717, 1.165) is 0 Å². The SMILES string of the molecule is c1ccc(-c2cccc(-c3ccc4c(c3)c3c5sc6ccccc6c5ccc3n4-c3ccc4ccccc4c3)c2)cc1. The molecule has 0 amide bonds. The van der Waals surface area contributed by atoms with Crippen molar-refractivity contribution < 1.29 is 0 Å². The molecule has 0 aliphatic carbocycles. The molecule has 42 heavy (non-hydrogen) atoms. The second-order valence-corrected chi connectivity index (χ2v) is 12.0. The minimum absolute atomic E-state index is 1.19. The van der Waals surface area contributed by atoms with Crippen LogP contribution in [0.15, 0.2) is 152 Å². The first-order chi connectivity index (χ1) is 20.8. The standard InChI is InChI=1S/C40H25NS/c1-2-9-26(10-3-1)28-13-8-14-29(23-28)31-18-21-36-35(25-31)39-37(22-20-34-33-15-6-7-16-38(33)42-40(34)39)41(36)32-19-17-27-11-4-5-12-30(27)24-32/h1-25H. The summed E-state index contributed by atoms with van der Waals surface area (Å²) in [5, 5.41) is 7.79. The van der Waals surface area contributed by atoms with E-state index in [9.17, 15) is 0 Å². The summed E-state index contributed by atoms with van der Waals surface area (Å²) in [7, 11) is 0. The van der Waals surface area contributed by atoms with E-state index in [-0.39, 0.29) is 0 Å². The normalized spacial score (nSPS) is 11.8. The fourth-order valence-corrected chi connectivity index (χ4v) is 7.83. The van der Waals surface area contributed by atoms with E-state index >= 15 is 0 Å². The molecule has 1 nitrogen and oxygen atoms in total. The number of hydrogen-bond acceptors (Lipinski definition) is 1. The van der Waals surface area contributed by atoms with Gasteiger partial charge in [-0.3, -0.25) is 0 Å². The summed E-state index contributed by atoms with van der Waals surface area (Å²) < 4.78 is 5.14. The molecule has 7 aromatic carbocycles. The van der Waals surface area contributed by atoms with Crippen LogP contribution in [0.3, 0.4) is 0 Å². The summed E-state index contributed by atoms with van der Waals surface area (Å²) >= 11 is 1.91. The highest BCUT2D eigenvalue weighted by atomic mass is 32.1. The van der Waals surface area contributed by atoms with Crippen LogP contribution in [0.1, 0.15) is 0 Å². The molecule has 196 valence electrons. The third-order valence-corrected chi connectivity index (χ3v) is 9.77. The molecule has 0 saturated carbocycles. The van der Waals surface area contributed by atoms with Crippen molar-refractivity contribution in [2.75, 3.05) is 0 Å². The lowest BCUT2D eigenvalue weighted by Gasteiger charge is -2.10. The highest BCUT2D eigenvalue weighted by Crippen LogP contribution is 2.44. The maximum atomic E-state index is 2.45. The van der Waals surface area contributed by atoms with E-state index in [1.165, 1.54) is 80.7 Å². The molecule has 0 fully saturated rings. The van der Waals surface area contributed by atoms with Crippen LogP contribution in [0.25, 0.3) is 80.7 Å². The zero-order valence-electron chi connectivity index (χ0n) is 22.8. The van der Waals surface area contributed by atoms with Gasteiger partial charge >= 0.3 is 0 Å². The Kier molecular flexibility index (Phi) is 5.13. The van der Waals surface area contributed by atoms with Crippen LogP contribution in [0, 0.1) is 0 Å². The Labute approximate surface area is 247 Å². The van der Waals surface area contributed by atoms with Crippen molar-refractivity contribution in [2.45, 2.75) is 0 Å². The van der Waals surface area contributed by atoms with Crippen LogP contribution in [-0.2, 0) is 0 Å². The molecule has 0 aliphatic heterocycles. The second kappa shape index (κ2) is 9.17. The van der Waals surface area contributed by atoms with Gasteiger partial charge in [-0.05, 0) is 75.5 Å². The number of fused-ring (bicyclic) bond motifs is 8. The molecule has 2 aromatic heterocycles. The molecule has 9 aromatic rings. The predicted molar refractivity (Wildman–Crippen MR) is 182 cm³/mol. The zero-order valence-corrected chi connectivity index (χ0v) is 23.6. The number of rotatable bonds is 3. The average molecular weight is 552 g/mol. The van der Waals surface area contributed by atoms with Crippen molar-refractivity contribution in [3.8, 4) is 27.9 Å². The van der Waals surface area contributed by atoms with Crippen LogP contribution in [0.2, 0.25) is 0 Å². The molecule has 0 unspecified atom stereocenters. The summed E-state index contributed by atoms with van der Waals surface area (Å²) in [6, 6.07) is 55.4. The minimum atomic E-state index is 1.19. The molecule has 9 rings (SSSR count). The topological polar surface area (TPSA) is 4.93 Å². The molecular weight excluding hydrogens is 527 g/mol. The predicted octanol–water partition coefficient (Wildman–Crippen LogP) is 11.6. The average Bonchev–Trinajstić information content (AvgIpc) is 3.60. The highest BCUT2D eigenvalue weighted by molar-refractivity contribution is 7.26. The summed E-state index contributed by atoms with van der Waals surface area (Å²) in [6.07, 6.45) is 0. The largest absolute Gasteiger partial charge is 0.309 e. The maximum absolute atomic E-state index is 2.45. The summed E-state index contributed by atoms with van der Waals surface area (Å²) in [5.74, 6) is 0. The molecule has 0 bridgehead atoms. The number of hydrogen-bond donors (Lipinski definition) is 0. The van der Waals surface area contributed by atoms with Crippen molar-refractivity contribution >= 4 is 64.1 Å². The first-order valence-corrected chi connectivity index (χ1v) is 15.2. The number of benzene rings is 7. The lowest BCUT2D eigenvalue weighted by molar-refractivity contribution is 1.19. The van der Waals surface area contributed by atoms with Crippen molar-refractivity contribution in [1.82, 2.24) is 4.57 Å². The molecule has 0 radical (unpaired) electrons. The summed E-state index contributed by atoms with van der Waals surface area (Å²) in [5.41, 5.74) is 8.60. The van der Waals surface area contributed by atoms with Gasteiger partial charge in [0.1, 0.15) is 0 Å². The van der Waals surface area contributed by atoms with Crippen LogP contribution < -0.4 is 0 Å². The fourth-order valence-electron chi connectivity index (χ4n) is 6.57. The van der Waals surface area contributed by atoms with E-state index in [1.807, 2.05) is 11.3 Å². The van der Waals surface area contributed by atoms with Gasteiger partial charge in [-0.15, -0.1) is 11.3 Å². The van der Waals surface area contributed by atoms with Gasteiger partial charge in [-0.25, -0.2) is 0 Å². The van der Waals surface area contributed by atoms with E-state index in [0.29, 0.717) is 0 Å². The summed E-state index contributed by atoms with van der Waals surface area (Å²) in [6.45, 7) is 0. The number of nitrogens with zero attached hydrogens (tertiary/aromatic N) is 1. The van der Waals surface area contributed by atoms with E-state index < -0.39 is 0 Å². The van der Waals surface area contributed by atoms with Gasteiger partial charge in [-0.1, -0.05) is 109 Å². The number of aromatic nitrogens is 1. The monoisotopic (exact) mass is 551 g/mol. The van der Waals surface area contributed by atoms with Crippen molar-refractivity contribution in [1.29, 1.82) is 0 Å². The highest BCUT2D eigenvalue weighted by Gasteiger charge is 2.18. The first kappa shape index (κ1) is 23.5. The minimum Gasteiger partial charge on any atom is -0.309 e. The van der Waals surface area contributed by atoms with Crippen molar-refractivity contribution in [3.63, 3.8) is 0 Å². The quantitative estimate of drug-likeness (QED) is 0.206. The molecule has 0 atom stereocenters. The Hall–Kier alpha value is -5.18. The molecule has 2 heterocycles. The third-order valence-electron chi connectivity index (χ3n) is 8.57. The molecule has 0 saturated heterocycles. The van der Waals surface area contributed by atoms with Gasteiger partial charge in [0.2, 0.25) is 0 Å². The molecule has 0 N–H and O–H groups in total. The van der Waals surface area contributed by atoms with Crippen LogP contribution in [-0.4, -0.2) is 4.57 Å². The van der Waals surface area contributed by atoms with Crippen molar-refractivity contribution in [3.05, 3.63) is 152 Å². The second-order valence-electron chi connectivity index (χ2n) is 11.0. The maximum Gasteiger partial charge on any atom is 0.0555 e. The Balaban J connectivity index is 1.35.